The van der Waals surface area contributed by atoms with Gasteiger partial charge in [-0.05, 0) is 19.3 Å². The standard InChI is InChI=1S/C11H19NO4/c1-2-11(8-13,9-14)10(15)16-7-5-3-4-6-12/h13-14H,2-5,7-9H2,1H3. The maximum absolute atomic E-state index is 11.6. The molecule has 0 aliphatic carbocycles. The minimum atomic E-state index is -1.19. The van der Waals surface area contributed by atoms with Crippen molar-refractivity contribution in [1.29, 1.82) is 5.26 Å². The lowest BCUT2D eigenvalue weighted by molar-refractivity contribution is -0.162. The third kappa shape index (κ3) is 4.17. The van der Waals surface area contributed by atoms with Gasteiger partial charge in [0.05, 0.1) is 25.9 Å². The largest absolute Gasteiger partial charge is 0.465 e. The molecule has 0 unspecified atom stereocenters. The van der Waals surface area contributed by atoms with Gasteiger partial charge in [-0.15, -0.1) is 0 Å². The highest BCUT2D eigenvalue weighted by atomic mass is 16.5. The fourth-order valence-electron chi connectivity index (χ4n) is 1.17. The fraction of sp³-hybridized carbons (Fsp3) is 0.818. The molecule has 0 radical (unpaired) electrons. The van der Waals surface area contributed by atoms with Crippen LogP contribution >= 0.6 is 0 Å². The Morgan fingerprint density at radius 1 is 1.38 bits per heavy atom. The molecule has 0 rings (SSSR count). The lowest BCUT2D eigenvalue weighted by Crippen LogP contribution is -2.39. The molecule has 0 atom stereocenters. The Balaban J connectivity index is 3.99. The molecule has 0 saturated carbocycles. The maximum atomic E-state index is 11.6. The molecule has 5 nitrogen and oxygen atoms in total. The molecule has 0 spiro atoms. The topological polar surface area (TPSA) is 90.6 Å². The fourth-order valence-corrected chi connectivity index (χ4v) is 1.17. The van der Waals surface area contributed by atoms with E-state index in [2.05, 4.69) is 0 Å². The van der Waals surface area contributed by atoms with E-state index < -0.39 is 24.6 Å². The summed E-state index contributed by atoms with van der Waals surface area (Å²) in [6.07, 6.45) is 2.07. The summed E-state index contributed by atoms with van der Waals surface area (Å²) in [7, 11) is 0. The molecule has 0 amide bonds. The summed E-state index contributed by atoms with van der Waals surface area (Å²) in [6, 6.07) is 2.00. The number of aliphatic hydroxyl groups is 2. The molecule has 92 valence electrons. The number of hydrogen-bond donors (Lipinski definition) is 2. The van der Waals surface area contributed by atoms with Gasteiger partial charge in [-0.3, -0.25) is 4.79 Å². The highest BCUT2D eigenvalue weighted by Crippen LogP contribution is 2.22. The second kappa shape index (κ2) is 8.08. The van der Waals surface area contributed by atoms with Crippen LogP contribution in [0.1, 0.15) is 32.6 Å². The first-order chi connectivity index (χ1) is 7.66. The third-order valence-corrected chi connectivity index (χ3v) is 2.63. The highest BCUT2D eigenvalue weighted by Gasteiger charge is 2.37. The molecule has 0 aromatic heterocycles. The van der Waals surface area contributed by atoms with Crippen LogP contribution in [-0.2, 0) is 9.53 Å². The van der Waals surface area contributed by atoms with Crippen molar-refractivity contribution in [3.05, 3.63) is 0 Å². The third-order valence-electron chi connectivity index (χ3n) is 2.63. The van der Waals surface area contributed by atoms with Crippen LogP contribution in [0.5, 0.6) is 0 Å². The number of hydrogen-bond acceptors (Lipinski definition) is 5. The minimum Gasteiger partial charge on any atom is -0.465 e. The van der Waals surface area contributed by atoms with Crippen LogP contribution in [0.4, 0.5) is 0 Å². The summed E-state index contributed by atoms with van der Waals surface area (Å²) in [4.78, 5) is 11.6. The summed E-state index contributed by atoms with van der Waals surface area (Å²) >= 11 is 0. The zero-order chi connectivity index (χ0) is 12.4. The Morgan fingerprint density at radius 3 is 2.44 bits per heavy atom. The van der Waals surface area contributed by atoms with Gasteiger partial charge in [0.2, 0.25) is 0 Å². The highest BCUT2D eigenvalue weighted by molar-refractivity contribution is 5.77. The van der Waals surface area contributed by atoms with Gasteiger partial charge in [-0.2, -0.15) is 5.26 Å². The first-order valence-electron chi connectivity index (χ1n) is 5.42. The lowest BCUT2D eigenvalue weighted by Gasteiger charge is -2.25. The number of nitriles is 1. The molecule has 16 heavy (non-hydrogen) atoms. The van der Waals surface area contributed by atoms with Crippen molar-refractivity contribution in [3.8, 4) is 6.07 Å². The van der Waals surface area contributed by atoms with Crippen molar-refractivity contribution < 1.29 is 19.7 Å². The van der Waals surface area contributed by atoms with Crippen molar-refractivity contribution in [1.82, 2.24) is 0 Å². The SMILES string of the molecule is CCC(CO)(CO)C(=O)OCCCCC#N. The van der Waals surface area contributed by atoms with Crippen LogP contribution in [0.15, 0.2) is 0 Å². The second-order valence-corrected chi connectivity index (χ2v) is 3.70. The van der Waals surface area contributed by atoms with Crippen molar-refractivity contribution in [3.63, 3.8) is 0 Å². The van der Waals surface area contributed by atoms with Crippen LogP contribution in [0.25, 0.3) is 0 Å². The molecule has 0 aromatic rings. The van der Waals surface area contributed by atoms with Gasteiger partial charge in [0.25, 0.3) is 0 Å². The number of carbonyl (C=O) groups is 1. The maximum Gasteiger partial charge on any atom is 0.316 e. The Labute approximate surface area is 95.6 Å². The van der Waals surface area contributed by atoms with Crippen molar-refractivity contribution in [2.45, 2.75) is 32.6 Å². The molecule has 0 bridgehead atoms. The van der Waals surface area contributed by atoms with E-state index in [-0.39, 0.29) is 6.61 Å². The van der Waals surface area contributed by atoms with Crippen LogP contribution in [0.2, 0.25) is 0 Å². The van der Waals surface area contributed by atoms with Crippen LogP contribution in [0.3, 0.4) is 0 Å². The Hall–Kier alpha value is -1.12. The zero-order valence-electron chi connectivity index (χ0n) is 9.61. The average molecular weight is 229 g/mol. The second-order valence-electron chi connectivity index (χ2n) is 3.70. The summed E-state index contributed by atoms with van der Waals surface area (Å²) < 4.78 is 4.96. The van der Waals surface area contributed by atoms with Gasteiger partial charge in [-0.1, -0.05) is 6.92 Å². The van der Waals surface area contributed by atoms with Gasteiger partial charge in [0, 0.05) is 6.42 Å². The molecular weight excluding hydrogens is 210 g/mol. The predicted octanol–water partition coefficient (Wildman–Crippen LogP) is 0.604. The molecule has 0 aromatic carbocycles. The van der Waals surface area contributed by atoms with E-state index in [1.807, 2.05) is 6.07 Å². The smallest absolute Gasteiger partial charge is 0.316 e. The number of ether oxygens (including phenoxy) is 1. The number of esters is 1. The Morgan fingerprint density at radius 2 is 2.00 bits per heavy atom. The number of aliphatic hydroxyl groups excluding tert-OH is 2. The normalized spacial score (nSPS) is 10.9. The summed E-state index contributed by atoms with van der Waals surface area (Å²) in [5.41, 5.74) is -1.19. The number of rotatable bonds is 8. The first-order valence-corrected chi connectivity index (χ1v) is 5.42. The zero-order valence-corrected chi connectivity index (χ0v) is 9.61. The van der Waals surface area contributed by atoms with Crippen LogP contribution in [-0.4, -0.2) is 36.0 Å². The van der Waals surface area contributed by atoms with Gasteiger partial charge in [0.1, 0.15) is 5.41 Å². The van der Waals surface area contributed by atoms with Crippen LogP contribution in [0, 0.1) is 16.7 Å². The average Bonchev–Trinajstić information content (AvgIpc) is 2.32. The lowest BCUT2D eigenvalue weighted by atomic mass is 9.87. The molecule has 0 aliphatic rings. The van der Waals surface area contributed by atoms with Gasteiger partial charge >= 0.3 is 5.97 Å². The molecule has 0 heterocycles. The number of nitrogens with zero attached hydrogens (tertiary/aromatic N) is 1. The van der Waals surface area contributed by atoms with E-state index in [9.17, 15) is 4.79 Å². The van der Waals surface area contributed by atoms with E-state index in [0.29, 0.717) is 25.7 Å². The van der Waals surface area contributed by atoms with Crippen molar-refractivity contribution in [2.75, 3.05) is 19.8 Å². The summed E-state index contributed by atoms with van der Waals surface area (Å²) in [5.74, 6) is -0.572. The van der Waals surface area contributed by atoms with E-state index in [1.54, 1.807) is 6.92 Å². The van der Waals surface area contributed by atoms with Crippen LogP contribution < -0.4 is 0 Å². The van der Waals surface area contributed by atoms with Crippen molar-refractivity contribution in [2.24, 2.45) is 5.41 Å². The molecular formula is C11H19NO4. The Bertz CT molecular complexity index is 235. The van der Waals surface area contributed by atoms with Gasteiger partial charge in [0.15, 0.2) is 0 Å². The molecule has 5 heteroatoms. The van der Waals surface area contributed by atoms with Gasteiger partial charge < -0.3 is 14.9 Å². The predicted molar refractivity (Wildman–Crippen MR) is 57.3 cm³/mol. The number of carbonyl (C=O) groups excluding carboxylic acids is 1. The van der Waals surface area contributed by atoms with E-state index in [0.717, 1.165) is 0 Å². The minimum absolute atomic E-state index is 0.224. The van der Waals surface area contributed by atoms with E-state index in [1.165, 1.54) is 0 Å². The Kier molecular flexibility index (Phi) is 7.52. The molecule has 0 saturated heterocycles. The van der Waals surface area contributed by atoms with E-state index in [4.69, 9.17) is 20.2 Å². The first kappa shape index (κ1) is 14.9. The molecule has 2 N–H and O–H groups in total. The summed E-state index contributed by atoms with van der Waals surface area (Å²) in [5, 5.41) is 26.5. The monoisotopic (exact) mass is 229 g/mol. The van der Waals surface area contributed by atoms with E-state index >= 15 is 0 Å². The van der Waals surface area contributed by atoms with Gasteiger partial charge in [-0.25, -0.2) is 0 Å². The van der Waals surface area contributed by atoms with Crippen molar-refractivity contribution >= 4 is 5.97 Å². The molecule has 0 aliphatic heterocycles. The quantitative estimate of drug-likeness (QED) is 0.470. The molecule has 0 fully saturated rings. The summed E-state index contributed by atoms with van der Waals surface area (Å²) in [6.45, 7) is 1.10. The number of unbranched alkanes of at least 4 members (excludes halogenated alkanes) is 2.